The van der Waals surface area contributed by atoms with Gasteiger partial charge in [0.05, 0.1) is 10.5 Å². The van der Waals surface area contributed by atoms with E-state index in [1.54, 1.807) is 9.80 Å². The van der Waals surface area contributed by atoms with Gasteiger partial charge in [-0.05, 0) is 47.7 Å². The molecule has 0 aromatic heterocycles. The lowest BCUT2D eigenvalue weighted by Crippen LogP contribution is -2.50. The highest BCUT2D eigenvalue weighted by atomic mass is 127. The first kappa shape index (κ1) is 19.3. The molecule has 0 saturated carbocycles. The van der Waals surface area contributed by atoms with Crippen molar-refractivity contribution in [3.8, 4) is 0 Å². The van der Waals surface area contributed by atoms with Crippen LogP contribution in [0, 0.1) is 20.6 Å². The number of nitrogens with zero attached hydrogens (tertiary/aromatic N) is 3. The summed E-state index contributed by atoms with van der Waals surface area (Å²) >= 11 is 1.94. The molecule has 1 aliphatic heterocycles. The minimum Gasteiger partial charge on any atom is -0.335 e. The van der Waals surface area contributed by atoms with Gasteiger partial charge in [0, 0.05) is 47.4 Å². The molecule has 0 aliphatic carbocycles. The van der Waals surface area contributed by atoms with Crippen molar-refractivity contribution < 1.29 is 14.5 Å². The van der Waals surface area contributed by atoms with Gasteiger partial charge in [0.15, 0.2) is 0 Å². The predicted octanol–water partition coefficient (Wildman–Crippen LogP) is 3.11. The van der Waals surface area contributed by atoms with Crippen molar-refractivity contribution in [2.24, 2.45) is 0 Å². The maximum Gasteiger partial charge on any atom is 0.270 e. The van der Waals surface area contributed by atoms with Crippen LogP contribution in [0.25, 0.3) is 0 Å². The van der Waals surface area contributed by atoms with Crippen molar-refractivity contribution in [3.05, 3.63) is 72.8 Å². The Kier molecular flexibility index (Phi) is 5.73. The molecule has 1 fully saturated rings. The number of piperazine rings is 1. The van der Waals surface area contributed by atoms with E-state index >= 15 is 0 Å². The quantitative estimate of drug-likeness (QED) is 0.385. The van der Waals surface area contributed by atoms with E-state index in [9.17, 15) is 19.7 Å². The number of non-ortho nitro benzene ring substituents is 1. The Balaban J connectivity index is 1.65. The molecule has 0 unspecified atom stereocenters. The first-order valence-electron chi connectivity index (χ1n) is 8.46. The number of carbonyl (C=O) groups is 2. The van der Waals surface area contributed by atoms with Crippen molar-refractivity contribution in [2.45, 2.75) is 6.92 Å². The summed E-state index contributed by atoms with van der Waals surface area (Å²) in [7, 11) is 0. The summed E-state index contributed by atoms with van der Waals surface area (Å²) in [6.07, 6.45) is 0. The highest BCUT2D eigenvalue weighted by Gasteiger charge is 2.27. The molecular weight excluding hydrogens is 461 g/mol. The topological polar surface area (TPSA) is 83.8 Å². The molecule has 3 rings (SSSR count). The molecule has 2 amide bonds. The average Bonchev–Trinajstić information content (AvgIpc) is 2.67. The number of hydrogen-bond acceptors (Lipinski definition) is 4. The Morgan fingerprint density at radius 2 is 1.52 bits per heavy atom. The summed E-state index contributed by atoms with van der Waals surface area (Å²) < 4.78 is 0.546. The molecule has 1 heterocycles. The van der Waals surface area contributed by atoms with Gasteiger partial charge in [0.2, 0.25) is 0 Å². The molecule has 0 atom stereocenters. The molecule has 0 bridgehead atoms. The summed E-state index contributed by atoms with van der Waals surface area (Å²) in [6.45, 7) is 3.76. The second-order valence-electron chi connectivity index (χ2n) is 6.37. The number of amides is 2. The monoisotopic (exact) mass is 479 g/mol. The molecule has 27 heavy (non-hydrogen) atoms. The standard InChI is InChI=1S/C19H18IN3O4/c1-13-2-4-14(5-3-13)18(24)21-8-10-22(11-9-21)19(25)16-7-6-15(23(26)27)12-17(16)20/h2-7,12H,8-11H2,1H3. The van der Waals surface area contributed by atoms with Crippen molar-refractivity contribution in [3.63, 3.8) is 0 Å². The first-order valence-corrected chi connectivity index (χ1v) is 9.54. The average molecular weight is 479 g/mol. The van der Waals surface area contributed by atoms with Crippen LogP contribution in [0.3, 0.4) is 0 Å². The number of carbonyl (C=O) groups excluding carboxylic acids is 2. The van der Waals surface area contributed by atoms with E-state index in [-0.39, 0.29) is 17.5 Å². The van der Waals surface area contributed by atoms with E-state index in [1.807, 2.05) is 53.8 Å². The Hall–Kier alpha value is -2.49. The molecule has 2 aromatic rings. The van der Waals surface area contributed by atoms with E-state index in [4.69, 9.17) is 0 Å². The molecule has 1 saturated heterocycles. The van der Waals surface area contributed by atoms with Gasteiger partial charge in [0.1, 0.15) is 0 Å². The smallest absolute Gasteiger partial charge is 0.270 e. The minimum atomic E-state index is -0.480. The van der Waals surface area contributed by atoms with Crippen LogP contribution >= 0.6 is 22.6 Å². The fourth-order valence-electron chi connectivity index (χ4n) is 2.95. The third-order valence-corrected chi connectivity index (χ3v) is 5.44. The summed E-state index contributed by atoms with van der Waals surface area (Å²) in [4.78, 5) is 39.1. The van der Waals surface area contributed by atoms with Crippen LogP contribution in [0.1, 0.15) is 26.3 Å². The van der Waals surface area contributed by atoms with Gasteiger partial charge in [-0.2, -0.15) is 0 Å². The van der Waals surface area contributed by atoms with Gasteiger partial charge in [-0.3, -0.25) is 19.7 Å². The van der Waals surface area contributed by atoms with E-state index in [0.717, 1.165) is 5.56 Å². The lowest BCUT2D eigenvalue weighted by molar-refractivity contribution is -0.384. The number of benzene rings is 2. The van der Waals surface area contributed by atoms with Crippen LogP contribution in [0.5, 0.6) is 0 Å². The number of nitro groups is 1. The highest BCUT2D eigenvalue weighted by molar-refractivity contribution is 14.1. The highest BCUT2D eigenvalue weighted by Crippen LogP contribution is 2.22. The summed E-state index contributed by atoms with van der Waals surface area (Å²) in [5.74, 6) is -0.205. The molecular formula is C19H18IN3O4. The maximum atomic E-state index is 12.7. The van der Waals surface area contributed by atoms with Crippen molar-refractivity contribution in [2.75, 3.05) is 26.2 Å². The zero-order valence-corrected chi connectivity index (χ0v) is 16.9. The van der Waals surface area contributed by atoms with Gasteiger partial charge in [-0.1, -0.05) is 17.7 Å². The Labute approximate surface area is 170 Å². The first-order chi connectivity index (χ1) is 12.9. The van der Waals surface area contributed by atoms with E-state index in [2.05, 4.69) is 0 Å². The van der Waals surface area contributed by atoms with Gasteiger partial charge in [-0.25, -0.2) is 0 Å². The minimum absolute atomic E-state index is 0.0352. The zero-order valence-electron chi connectivity index (χ0n) is 14.7. The number of halogens is 1. The van der Waals surface area contributed by atoms with Crippen molar-refractivity contribution in [1.29, 1.82) is 0 Å². The fourth-order valence-corrected chi connectivity index (χ4v) is 3.68. The number of rotatable bonds is 3. The van der Waals surface area contributed by atoms with E-state index < -0.39 is 4.92 Å². The fraction of sp³-hybridized carbons (Fsp3) is 0.263. The van der Waals surface area contributed by atoms with Crippen LogP contribution in [0.4, 0.5) is 5.69 Å². The Bertz CT molecular complexity index is 890. The van der Waals surface area contributed by atoms with Gasteiger partial charge in [-0.15, -0.1) is 0 Å². The van der Waals surface area contributed by atoms with Gasteiger partial charge in [0.25, 0.3) is 17.5 Å². The van der Waals surface area contributed by atoms with Gasteiger partial charge >= 0.3 is 0 Å². The zero-order chi connectivity index (χ0) is 19.6. The molecule has 2 aromatic carbocycles. The molecule has 0 spiro atoms. The number of nitro benzene ring substituents is 1. The van der Waals surface area contributed by atoms with Crippen LogP contribution in [-0.4, -0.2) is 52.7 Å². The van der Waals surface area contributed by atoms with Crippen molar-refractivity contribution in [1.82, 2.24) is 9.80 Å². The Morgan fingerprint density at radius 3 is 2.04 bits per heavy atom. The molecule has 1 aliphatic rings. The van der Waals surface area contributed by atoms with E-state index in [0.29, 0.717) is 40.9 Å². The Morgan fingerprint density at radius 1 is 0.963 bits per heavy atom. The summed E-state index contributed by atoms with van der Waals surface area (Å²) in [5, 5.41) is 10.8. The molecule has 0 radical (unpaired) electrons. The number of hydrogen-bond donors (Lipinski definition) is 0. The number of aryl methyl sites for hydroxylation is 1. The molecule has 0 N–H and O–H groups in total. The van der Waals surface area contributed by atoms with Crippen LogP contribution in [0.15, 0.2) is 42.5 Å². The van der Waals surface area contributed by atoms with Crippen molar-refractivity contribution >= 4 is 40.1 Å². The molecule has 140 valence electrons. The lowest BCUT2D eigenvalue weighted by atomic mass is 10.1. The SMILES string of the molecule is Cc1ccc(C(=O)N2CCN(C(=O)c3ccc([N+](=O)[O-])cc3I)CC2)cc1. The predicted molar refractivity (Wildman–Crippen MR) is 109 cm³/mol. The van der Waals surface area contributed by atoms with Crippen LogP contribution < -0.4 is 0 Å². The molecule has 7 nitrogen and oxygen atoms in total. The second kappa shape index (κ2) is 8.03. The van der Waals surface area contributed by atoms with E-state index in [1.165, 1.54) is 18.2 Å². The largest absolute Gasteiger partial charge is 0.335 e. The van der Waals surface area contributed by atoms with Crippen LogP contribution in [0.2, 0.25) is 0 Å². The lowest BCUT2D eigenvalue weighted by Gasteiger charge is -2.35. The van der Waals surface area contributed by atoms with Crippen LogP contribution in [-0.2, 0) is 0 Å². The third kappa shape index (κ3) is 4.26. The summed E-state index contributed by atoms with van der Waals surface area (Å²) in [5.41, 5.74) is 2.15. The molecule has 8 heteroatoms. The third-order valence-electron chi connectivity index (χ3n) is 4.55. The normalized spacial score (nSPS) is 14.1. The maximum absolute atomic E-state index is 12.7. The van der Waals surface area contributed by atoms with Gasteiger partial charge < -0.3 is 9.80 Å². The summed E-state index contributed by atoms with van der Waals surface area (Å²) in [6, 6.07) is 11.7. The second-order valence-corrected chi connectivity index (χ2v) is 7.53.